The van der Waals surface area contributed by atoms with Crippen molar-refractivity contribution in [3.05, 3.63) is 17.2 Å². The molecule has 8 heteroatoms. The van der Waals surface area contributed by atoms with Gasteiger partial charge in [-0.1, -0.05) is 13.8 Å². The second kappa shape index (κ2) is 7.88. The molecule has 142 valence electrons. The van der Waals surface area contributed by atoms with Crippen LogP contribution >= 0.6 is 0 Å². The fourth-order valence-electron chi connectivity index (χ4n) is 3.44. The van der Waals surface area contributed by atoms with Crippen molar-refractivity contribution in [1.29, 1.82) is 0 Å². The molecule has 0 atom stereocenters. The van der Waals surface area contributed by atoms with E-state index in [0.717, 1.165) is 37.9 Å². The molecule has 1 aromatic heterocycles. The molecule has 1 saturated heterocycles. The maximum atomic E-state index is 13.0. The molecule has 1 N–H and O–H groups in total. The highest BCUT2D eigenvalue weighted by atomic mass is 16.2. The average molecular weight is 361 g/mol. The van der Waals surface area contributed by atoms with Gasteiger partial charge in [-0.05, 0) is 25.2 Å². The quantitative estimate of drug-likeness (QED) is 0.775. The Morgan fingerprint density at radius 3 is 2.54 bits per heavy atom. The summed E-state index contributed by atoms with van der Waals surface area (Å²) in [6.07, 6.45) is 3.57. The van der Waals surface area contributed by atoms with E-state index in [-0.39, 0.29) is 11.8 Å². The van der Waals surface area contributed by atoms with Crippen molar-refractivity contribution in [2.75, 3.05) is 32.7 Å². The van der Waals surface area contributed by atoms with Gasteiger partial charge in [0.05, 0.1) is 5.69 Å². The minimum atomic E-state index is -0.200. The summed E-state index contributed by atoms with van der Waals surface area (Å²) in [5.74, 6) is 0.359. The highest BCUT2D eigenvalue weighted by molar-refractivity contribution is 5.97. The lowest BCUT2D eigenvalue weighted by Gasteiger charge is -2.32. The lowest BCUT2D eigenvalue weighted by Crippen LogP contribution is -2.48. The Bertz CT molecular complexity index is 689. The number of amides is 3. The van der Waals surface area contributed by atoms with Gasteiger partial charge in [-0.3, -0.25) is 14.4 Å². The standard InChI is InChI=1S/C18H27N5O3/c1-13(2)11-19-17(25)15-14-5-3-4-6-23(14)16(20-15)18(26)22-9-7-21(12-24)8-10-22/h12-13H,3-11H2,1-2H3,(H,19,25). The van der Waals surface area contributed by atoms with E-state index in [1.807, 2.05) is 18.4 Å². The monoisotopic (exact) mass is 361 g/mol. The number of hydrogen-bond acceptors (Lipinski definition) is 4. The van der Waals surface area contributed by atoms with Crippen LogP contribution < -0.4 is 5.32 Å². The number of piperazine rings is 1. The zero-order chi connectivity index (χ0) is 18.7. The second-order valence-electron chi connectivity index (χ2n) is 7.38. The van der Waals surface area contributed by atoms with E-state index in [9.17, 15) is 14.4 Å². The molecule has 0 spiro atoms. The summed E-state index contributed by atoms with van der Waals surface area (Å²) in [7, 11) is 0. The fraction of sp³-hybridized carbons (Fsp3) is 0.667. The Morgan fingerprint density at radius 2 is 1.88 bits per heavy atom. The Labute approximate surface area is 153 Å². The summed E-state index contributed by atoms with van der Waals surface area (Å²) in [5, 5.41) is 2.91. The molecule has 0 aromatic carbocycles. The van der Waals surface area contributed by atoms with E-state index in [0.29, 0.717) is 50.2 Å². The third kappa shape index (κ3) is 3.73. The largest absolute Gasteiger partial charge is 0.350 e. The number of nitrogens with one attached hydrogen (secondary N) is 1. The SMILES string of the molecule is CC(C)CNC(=O)c1nc(C(=O)N2CCN(C=O)CC2)n2c1CCCC2. The third-order valence-electron chi connectivity index (χ3n) is 4.95. The molecule has 0 radical (unpaired) electrons. The first-order valence-corrected chi connectivity index (χ1v) is 9.37. The second-order valence-corrected chi connectivity index (χ2v) is 7.38. The lowest BCUT2D eigenvalue weighted by atomic mass is 10.1. The van der Waals surface area contributed by atoms with Crippen LogP contribution in [0.2, 0.25) is 0 Å². The van der Waals surface area contributed by atoms with Gasteiger partial charge in [0.15, 0.2) is 5.82 Å². The van der Waals surface area contributed by atoms with E-state index in [2.05, 4.69) is 10.3 Å². The molecule has 0 bridgehead atoms. The van der Waals surface area contributed by atoms with Crippen molar-refractivity contribution in [2.24, 2.45) is 5.92 Å². The normalized spacial score (nSPS) is 17.2. The number of rotatable bonds is 5. The summed E-state index contributed by atoms with van der Waals surface area (Å²) >= 11 is 0. The van der Waals surface area contributed by atoms with Crippen LogP contribution in [-0.2, 0) is 17.8 Å². The lowest BCUT2D eigenvalue weighted by molar-refractivity contribution is -0.119. The van der Waals surface area contributed by atoms with Crippen molar-refractivity contribution < 1.29 is 14.4 Å². The smallest absolute Gasteiger partial charge is 0.290 e. The maximum absolute atomic E-state index is 13.0. The molecule has 1 fully saturated rings. The Morgan fingerprint density at radius 1 is 1.15 bits per heavy atom. The zero-order valence-corrected chi connectivity index (χ0v) is 15.5. The van der Waals surface area contributed by atoms with Crippen molar-refractivity contribution in [3.63, 3.8) is 0 Å². The first-order valence-electron chi connectivity index (χ1n) is 9.37. The first kappa shape index (κ1) is 18.4. The van der Waals surface area contributed by atoms with Gasteiger partial charge < -0.3 is 19.7 Å². The molecule has 3 rings (SSSR count). The molecule has 1 aromatic rings. The van der Waals surface area contributed by atoms with Crippen LogP contribution in [0.3, 0.4) is 0 Å². The molecule has 2 aliphatic heterocycles. The van der Waals surface area contributed by atoms with Crippen molar-refractivity contribution in [2.45, 2.75) is 39.7 Å². The number of hydrogen-bond donors (Lipinski definition) is 1. The van der Waals surface area contributed by atoms with Crippen molar-refractivity contribution in [1.82, 2.24) is 24.7 Å². The number of carbonyl (C=O) groups is 3. The molecule has 3 amide bonds. The Hall–Kier alpha value is -2.38. The van der Waals surface area contributed by atoms with Crippen LogP contribution in [0.5, 0.6) is 0 Å². The fourth-order valence-corrected chi connectivity index (χ4v) is 3.44. The number of imidazole rings is 1. The van der Waals surface area contributed by atoms with Crippen molar-refractivity contribution in [3.8, 4) is 0 Å². The highest BCUT2D eigenvalue weighted by Gasteiger charge is 2.31. The average Bonchev–Trinajstić information content (AvgIpc) is 3.05. The molecule has 0 aliphatic carbocycles. The molecular weight excluding hydrogens is 334 g/mol. The maximum Gasteiger partial charge on any atom is 0.290 e. The van der Waals surface area contributed by atoms with Gasteiger partial charge in [0.25, 0.3) is 11.8 Å². The van der Waals surface area contributed by atoms with E-state index < -0.39 is 0 Å². The van der Waals surface area contributed by atoms with Gasteiger partial charge in [0.2, 0.25) is 6.41 Å². The predicted molar refractivity (Wildman–Crippen MR) is 95.9 cm³/mol. The van der Waals surface area contributed by atoms with Crippen LogP contribution in [0.1, 0.15) is 53.5 Å². The van der Waals surface area contributed by atoms with E-state index in [4.69, 9.17) is 0 Å². The van der Waals surface area contributed by atoms with Gasteiger partial charge in [-0.15, -0.1) is 0 Å². The van der Waals surface area contributed by atoms with Crippen LogP contribution in [0, 0.1) is 5.92 Å². The summed E-state index contributed by atoms with van der Waals surface area (Å²) in [4.78, 5) is 44.2. The molecule has 8 nitrogen and oxygen atoms in total. The topological polar surface area (TPSA) is 87.5 Å². The van der Waals surface area contributed by atoms with Gasteiger partial charge in [-0.25, -0.2) is 4.98 Å². The predicted octanol–water partition coefficient (Wildman–Crippen LogP) is 0.519. The van der Waals surface area contributed by atoms with Gasteiger partial charge in [-0.2, -0.15) is 0 Å². The number of fused-ring (bicyclic) bond motifs is 1. The van der Waals surface area contributed by atoms with Gasteiger partial charge in [0, 0.05) is 39.3 Å². The minimum Gasteiger partial charge on any atom is -0.350 e. The molecule has 2 aliphatic rings. The molecule has 0 saturated carbocycles. The number of aromatic nitrogens is 2. The summed E-state index contributed by atoms with van der Waals surface area (Å²) in [6.45, 7) is 7.43. The van der Waals surface area contributed by atoms with Crippen molar-refractivity contribution >= 4 is 18.2 Å². The van der Waals surface area contributed by atoms with E-state index in [1.54, 1.807) is 9.80 Å². The highest BCUT2D eigenvalue weighted by Crippen LogP contribution is 2.22. The summed E-state index contributed by atoms with van der Waals surface area (Å²) < 4.78 is 1.92. The molecule has 0 unspecified atom stereocenters. The van der Waals surface area contributed by atoms with E-state index >= 15 is 0 Å². The van der Waals surface area contributed by atoms with Crippen LogP contribution in [0.15, 0.2) is 0 Å². The van der Waals surface area contributed by atoms with Gasteiger partial charge in [0.1, 0.15) is 5.69 Å². The Balaban J connectivity index is 1.82. The Kier molecular flexibility index (Phi) is 5.58. The molecule has 26 heavy (non-hydrogen) atoms. The minimum absolute atomic E-state index is 0.151. The number of carbonyl (C=O) groups excluding carboxylic acids is 3. The summed E-state index contributed by atoms with van der Waals surface area (Å²) in [5.41, 5.74) is 1.26. The number of nitrogens with zero attached hydrogens (tertiary/aromatic N) is 4. The molecular formula is C18H27N5O3. The first-order chi connectivity index (χ1) is 12.5. The van der Waals surface area contributed by atoms with E-state index in [1.165, 1.54) is 0 Å². The summed E-state index contributed by atoms with van der Waals surface area (Å²) in [6, 6.07) is 0. The zero-order valence-electron chi connectivity index (χ0n) is 15.5. The third-order valence-corrected chi connectivity index (χ3v) is 4.95. The molecule has 3 heterocycles. The van der Waals surface area contributed by atoms with Crippen LogP contribution in [0.4, 0.5) is 0 Å². The van der Waals surface area contributed by atoms with Gasteiger partial charge >= 0.3 is 0 Å². The van der Waals surface area contributed by atoms with Crippen LogP contribution in [0.25, 0.3) is 0 Å². The van der Waals surface area contributed by atoms with Crippen LogP contribution in [-0.4, -0.2) is 70.3 Å².